The number of nitrogens with zero attached hydrogens (tertiary/aromatic N) is 3. The molecule has 2 aliphatic heterocycles. The highest BCUT2D eigenvalue weighted by Crippen LogP contribution is 2.30. The zero-order valence-corrected chi connectivity index (χ0v) is 15.7. The van der Waals surface area contributed by atoms with Crippen LogP contribution in [0, 0.1) is 0 Å². The number of ether oxygens (including phenoxy) is 1. The van der Waals surface area contributed by atoms with Crippen LogP contribution in [0.5, 0.6) is 0 Å². The summed E-state index contributed by atoms with van der Waals surface area (Å²) in [6.07, 6.45) is 5.24. The molecule has 0 bridgehead atoms. The Morgan fingerprint density at radius 2 is 1.93 bits per heavy atom. The van der Waals surface area contributed by atoms with E-state index >= 15 is 0 Å². The van der Waals surface area contributed by atoms with Crippen LogP contribution < -0.4 is 0 Å². The monoisotopic (exact) mass is 369 g/mol. The molecule has 0 N–H and O–H groups in total. The van der Waals surface area contributed by atoms with Gasteiger partial charge in [-0.1, -0.05) is 35.5 Å². The maximum absolute atomic E-state index is 12.5. The largest absolute Gasteiger partial charge is 0.381 e. The lowest BCUT2D eigenvalue weighted by molar-refractivity contribution is -0.130. The van der Waals surface area contributed by atoms with Gasteiger partial charge in [-0.15, -0.1) is 0 Å². The van der Waals surface area contributed by atoms with Gasteiger partial charge >= 0.3 is 0 Å². The fraction of sp³-hybridized carbons (Fsp3) is 0.571. The van der Waals surface area contributed by atoms with Gasteiger partial charge in [-0.05, 0) is 37.7 Å². The highest BCUT2D eigenvalue weighted by molar-refractivity contribution is 5.76. The number of likely N-dealkylation sites (tertiary alicyclic amines) is 1. The lowest BCUT2D eigenvalue weighted by Gasteiger charge is -2.18. The minimum absolute atomic E-state index is 0.171. The Morgan fingerprint density at radius 1 is 1.11 bits per heavy atom. The molecule has 0 radical (unpaired) electrons. The maximum Gasteiger partial charge on any atom is 0.231 e. The fourth-order valence-corrected chi connectivity index (χ4v) is 3.97. The van der Waals surface area contributed by atoms with Crippen LogP contribution >= 0.6 is 0 Å². The minimum Gasteiger partial charge on any atom is -0.381 e. The molecule has 1 atom stereocenters. The summed E-state index contributed by atoms with van der Waals surface area (Å²) in [6, 6.07) is 10.3. The van der Waals surface area contributed by atoms with Crippen LogP contribution in [-0.2, 0) is 16.0 Å². The van der Waals surface area contributed by atoms with Gasteiger partial charge in [-0.2, -0.15) is 4.98 Å². The number of rotatable bonds is 6. The first-order chi connectivity index (χ1) is 13.3. The number of hydrogen-bond donors (Lipinski definition) is 0. The molecule has 0 spiro atoms. The third-order valence-corrected chi connectivity index (χ3v) is 5.63. The smallest absolute Gasteiger partial charge is 0.231 e. The first-order valence-electron chi connectivity index (χ1n) is 10.0. The molecule has 1 aromatic carbocycles. The Hall–Kier alpha value is -2.21. The van der Waals surface area contributed by atoms with Gasteiger partial charge in [0.1, 0.15) is 0 Å². The summed E-state index contributed by atoms with van der Waals surface area (Å²) in [6.45, 7) is 3.01. The van der Waals surface area contributed by atoms with Crippen molar-refractivity contribution in [2.75, 3.05) is 26.3 Å². The number of aryl methyl sites for hydroxylation is 1. The van der Waals surface area contributed by atoms with Gasteiger partial charge in [-0.3, -0.25) is 4.79 Å². The van der Waals surface area contributed by atoms with E-state index in [1.54, 1.807) is 0 Å². The molecular formula is C21H27N3O3. The fourth-order valence-electron chi connectivity index (χ4n) is 3.97. The van der Waals surface area contributed by atoms with Crippen molar-refractivity contribution in [1.82, 2.24) is 15.0 Å². The van der Waals surface area contributed by atoms with Gasteiger partial charge in [0.2, 0.25) is 11.8 Å². The Labute approximate surface area is 159 Å². The molecule has 2 aliphatic rings. The van der Waals surface area contributed by atoms with Crippen LogP contribution in [0.25, 0.3) is 0 Å². The molecule has 27 heavy (non-hydrogen) atoms. The molecular weight excluding hydrogens is 342 g/mol. The van der Waals surface area contributed by atoms with Gasteiger partial charge in [0.05, 0.1) is 5.92 Å². The summed E-state index contributed by atoms with van der Waals surface area (Å²) in [5.74, 6) is 2.24. The molecule has 4 rings (SSSR count). The molecule has 1 unspecified atom stereocenters. The van der Waals surface area contributed by atoms with Gasteiger partial charge < -0.3 is 14.2 Å². The predicted molar refractivity (Wildman–Crippen MR) is 100 cm³/mol. The van der Waals surface area contributed by atoms with Crippen molar-refractivity contribution in [3.05, 3.63) is 47.6 Å². The molecule has 6 nitrogen and oxygen atoms in total. The lowest BCUT2D eigenvalue weighted by Crippen LogP contribution is -2.28. The third-order valence-electron chi connectivity index (χ3n) is 5.63. The minimum atomic E-state index is 0.171. The van der Waals surface area contributed by atoms with Crippen molar-refractivity contribution in [3.8, 4) is 0 Å². The average molecular weight is 369 g/mol. The first-order valence-corrected chi connectivity index (χ1v) is 10.0. The van der Waals surface area contributed by atoms with Gasteiger partial charge in [0.15, 0.2) is 5.82 Å². The summed E-state index contributed by atoms with van der Waals surface area (Å²) in [7, 11) is 0. The summed E-state index contributed by atoms with van der Waals surface area (Å²) >= 11 is 0. The summed E-state index contributed by atoms with van der Waals surface area (Å²) < 4.78 is 10.9. The molecule has 2 aromatic rings. The molecule has 1 amide bonds. The summed E-state index contributed by atoms with van der Waals surface area (Å²) in [5, 5.41) is 4.19. The van der Waals surface area contributed by atoms with Crippen molar-refractivity contribution in [2.45, 2.75) is 50.4 Å². The zero-order valence-electron chi connectivity index (χ0n) is 15.7. The lowest BCUT2D eigenvalue weighted by atomic mass is 10.00. The first kappa shape index (κ1) is 18.2. The van der Waals surface area contributed by atoms with Crippen LogP contribution in [-0.4, -0.2) is 47.3 Å². The normalized spacial score (nSPS) is 20.9. The molecule has 1 aromatic heterocycles. The van der Waals surface area contributed by atoms with E-state index in [9.17, 15) is 4.79 Å². The number of aromatic nitrogens is 2. The maximum atomic E-state index is 12.5. The Balaban J connectivity index is 1.25. The van der Waals surface area contributed by atoms with Crippen molar-refractivity contribution in [2.24, 2.45) is 0 Å². The number of amides is 1. The molecule has 144 valence electrons. The second-order valence-corrected chi connectivity index (χ2v) is 7.54. The van der Waals surface area contributed by atoms with E-state index in [-0.39, 0.29) is 11.8 Å². The SMILES string of the molecule is O=C(CCCc1ccccc1)N1CCC(c2nc(C3CCOCC3)no2)C1. The number of benzene rings is 1. The average Bonchev–Trinajstić information content (AvgIpc) is 3.39. The molecule has 2 fully saturated rings. The van der Waals surface area contributed by atoms with Crippen LogP contribution in [0.2, 0.25) is 0 Å². The van der Waals surface area contributed by atoms with Crippen molar-refractivity contribution < 1.29 is 14.1 Å². The van der Waals surface area contributed by atoms with Crippen molar-refractivity contribution >= 4 is 5.91 Å². The zero-order chi connectivity index (χ0) is 18.5. The summed E-state index contributed by atoms with van der Waals surface area (Å²) in [5.41, 5.74) is 1.29. The molecule has 0 saturated carbocycles. The number of carbonyl (C=O) groups excluding carboxylic acids is 1. The Morgan fingerprint density at radius 3 is 2.74 bits per heavy atom. The molecule has 6 heteroatoms. The Kier molecular flexibility index (Phi) is 5.82. The van der Waals surface area contributed by atoms with Crippen molar-refractivity contribution in [3.63, 3.8) is 0 Å². The van der Waals surface area contributed by atoms with E-state index in [0.717, 1.165) is 57.7 Å². The van der Waals surface area contributed by atoms with Crippen LogP contribution in [0.1, 0.15) is 61.2 Å². The quantitative estimate of drug-likeness (QED) is 0.781. The topological polar surface area (TPSA) is 68.5 Å². The van der Waals surface area contributed by atoms with Gasteiger partial charge in [0.25, 0.3) is 0 Å². The van der Waals surface area contributed by atoms with E-state index in [1.807, 2.05) is 23.1 Å². The van der Waals surface area contributed by atoms with E-state index in [4.69, 9.17) is 9.26 Å². The van der Waals surface area contributed by atoms with Crippen LogP contribution in [0.3, 0.4) is 0 Å². The van der Waals surface area contributed by atoms with E-state index in [1.165, 1.54) is 5.56 Å². The standard InChI is InChI=1S/C21H27N3O3/c25-19(8-4-7-16-5-2-1-3-6-16)24-12-9-18(15-24)21-22-20(23-27-21)17-10-13-26-14-11-17/h1-3,5-6,17-18H,4,7-15H2. The van der Waals surface area contributed by atoms with Crippen LogP contribution in [0.15, 0.2) is 34.9 Å². The van der Waals surface area contributed by atoms with Gasteiger partial charge in [0, 0.05) is 38.6 Å². The number of carbonyl (C=O) groups is 1. The third kappa shape index (κ3) is 4.56. The van der Waals surface area contributed by atoms with E-state index in [0.29, 0.717) is 24.8 Å². The molecule has 3 heterocycles. The second-order valence-electron chi connectivity index (χ2n) is 7.54. The number of hydrogen-bond acceptors (Lipinski definition) is 5. The Bertz CT molecular complexity index is 740. The predicted octanol–water partition coefficient (Wildman–Crippen LogP) is 3.30. The van der Waals surface area contributed by atoms with E-state index in [2.05, 4.69) is 22.3 Å². The second kappa shape index (κ2) is 8.65. The highest BCUT2D eigenvalue weighted by Gasteiger charge is 2.32. The highest BCUT2D eigenvalue weighted by atomic mass is 16.5. The summed E-state index contributed by atoms with van der Waals surface area (Å²) in [4.78, 5) is 19.1. The van der Waals surface area contributed by atoms with Crippen molar-refractivity contribution in [1.29, 1.82) is 0 Å². The van der Waals surface area contributed by atoms with E-state index < -0.39 is 0 Å². The molecule has 2 saturated heterocycles. The van der Waals surface area contributed by atoms with Gasteiger partial charge in [-0.25, -0.2) is 0 Å². The molecule has 0 aliphatic carbocycles. The van der Waals surface area contributed by atoms with Crippen LogP contribution in [0.4, 0.5) is 0 Å².